The first-order chi connectivity index (χ1) is 11.9. The number of alkyl halides is 3. The lowest BCUT2D eigenvalue weighted by Gasteiger charge is -2.14. The van der Waals surface area contributed by atoms with Crippen molar-refractivity contribution in [3.63, 3.8) is 0 Å². The molecule has 0 heterocycles. The van der Waals surface area contributed by atoms with Crippen molar-refractivity contribution in [2.24, 2.45) is 0 Å². The second kappa shape index (κ2) is 6.84. The maximum Gasteiger partial charge on any atom is 0.573 e. The van der Waals surface area contributed by atoms with Crippen molar-refractivity contribution in [1.82, 2.24) is 0 Å². The van der Waals surface area contributed by atoms with Crippen molar-refractivity contribution >= 4 is 22.4 Å². The first-order valence-electron chi connectivity index (χ1n) is 7.54. The normalized spacial score (nSPS) is 11.3. The Morgan fingerprint density at radius 3 is 2.40 bits per heavy atom. The summed E-state index contributed by atoms with van der Waals surface area (Å²) in [6.45, 7) is 0. The number of amides is 1. The highest BCUT2D eigenvalue weighted by Gasteiger charge is 2.32. The number of anilines is 1. The molecular formula is C19H14F3NO2. The molecule has 3 aromatic carbocycles. The lowest BCUT2D eigenvalue weighted by molar-refractivity contribution is -0.274. The van der Waals surface area contributed by atoms with E-state index in [0.717, 1.165) is 22.4 Å². The van der Waals surface area contributed by atoms with Crippen LogP contribution in [0.5, 0.6) is 5.75 Å². The molecule has 3 nitrogen and oxygen atoms in total. The van der Waals surface area contributed by atoms with Gasteiger partial charge in [0.25, 0.3) is 0 Å². The smallest absolute Gasteiger partial charge is 0.404 e. The van der Waals surface area contributed by atoms with Crippen molar-refractivity contribution in [2.45, 2.75) is 12.8 Å². The van der Waals surface area contributed by atoms with E-state index < -0.39 is 18.0 Å². The monoisotopic (exact) mass is 345 g/mol. The van der Waals surface area contributed by atoms with E-state index in [1.807, 2.05) is 42.5 Å². The molecule has 0 atom stereocenters. The number of hydrogen-bond donors (Lipinski definition) is 1. The van der Waals surface area contributed by atoms with Gasteiger partial charge in [-0.25, -0.2) is 0 Å². The molecule has 0 aliphatic carbocycles. The summed E-state index contributed by atoms with van der Waals surface area (Å²) in [5.74, 6) is -0.865. The molecule has 128 valence electrons. The van der Waals surface area contributed by atoms with E-state index in [1.165, 1.54) is 18.2 Å². The van der Waals surface area contributed by atoms with E-state index in [-0.39, 0.29) is 12.1 Å². The second-order valence-electron chi connectivity index (χ2n) is 5.41. The van der Waals surface area contributed by atoms with Gasteiger partial charge in [0.1, 0.15) is 0 Å². The average Bonchev–Trinajstić information content (AvgIpc) is 2.56. The van der Waals surface area contributed by atoms with Crippen LogP contribution in [0.4, 0.5) is 18.9 Å². The molecule has 3 aromatic rings. The molecule has 6 heteroatoms. The third-order valence-corrected chi connectivity index (χ3v) is 3.62. The van der Waals surface area contributed by atoms with Crippen LogP contribution in [0, 0.1) is 0 Å². The fourth-order valence-corrected chi connectivity index (χ4v) is 2.60. The molecule has 0 aliphatic heterocycles. The van der Waals surface area contributed by atoms with Crippen LogP contribution < -0.4 is 10.1 Å². The van der Waals surface area contributed by atoms with E-state index in [2.05, 4.69) is 10.1 Å². The van der Waals surface area contributed by atoms with Crippen molar-refractivity contribution < 1.29 is 22.7 Å². The summed E-state index contributed by atoms with van der Waals surface area (Å²) in [5, 5.41) is 4.41. The van der Waals surface area contributed by atoms with Gasteiger partial charge < -0.3 is 10.1 Å². The number of hydrogen-bond acceptors (Lipinski definition) is 2. The molecule has 0 bridgehead atoms. The molecular weight excluding hydrogens is 331 g/mol. The lowest BCUT2D eigenvalue weighted by Crippen LogP contribution is -2.20. The number of carbonyl (C=O) groups is 1. The topological polar surface area (TPSA) is 38.3 Å². The number of ether oxygens (including phenoxy) is 1. The fourth-order valence-electron chi connectivity index (χ4n) is 2.60. The second-order valence-corrected chi connectivity index (χ2v) is 5.41. The summed E-state index contributed by atoms with van der Waals surface area (Å²) in [6.07, 6.45) is -4.78. The van der Waals surface area contributed by atoms with Gasteiger partial charge in [-0.15, -0.1) is 13.2 Å². The highest BCUT2D eigenvalue weighted by atomic mass is 19.4. The summed E-state index contributed by atoms with van der Waals surface area (Å²) in [4.78, 5) is 12.3. The maximum atomic E-state index is 12.4. The molecule has 0 unspecified atom stereocenters. The van der Waals surface area contributed by atoms with Gasteiger partial charge in [0.2, 0.25) is 5.91 Å². The number of fused-ring (bicyclic) bond motifs is 1. The SMILES string of the molecule is O=C(Cc1cccc2ccccc12)Nc1ccccc1OC(F)(F)F. The molecule has 1 amide bonds. The zero-order chi connectivity index (χ0) is 17.9. The Morgan fingerprint density at radius 1 is 0.920 bits per heavy atom. The van der Waals surface area contributed by atoms with E-state index >= 15 is 0 Å². The van der Waals surface area contributed by atoms with Crippen molar-refractivity contribution in [3.8, 4) is 5.75 Å². The third kappa shape index (κ3) is 4.29. The first kappa shape index (κ1) is 16.8. The number of rotatable bonds is 4. The molecule has 0 spiro atoms. The molecule has 0 aromatic heterocycles. The van der Waals surface area contributed by atoms with Crippen LogP contribution in [0.15, 0.2) is 66.7 Å². The Hall–Kier alpha value is -3.02. The minimum absolute atomic E-state index is 0.0231. The van der Waals surface area contributed by atoms with Gasteiger partial charge in [0.15, 0.2) is 5.75 Å². The summed E-state index contributed by atoms with van der Waals surface area (Å²) >= 11 is 0. The average molecular weight is 345 g/mol. The Kier molecular flexibility index (Phi) is 4.61. The van der Waals surface area contributed by atoms with Crippen LogP contribution in [0.2, 0.25) is 0 Å². The zero-order valence-electron chi connectivity index (χ0n) is 13.0. The highest BCUT2D eigenvalue weighted by molar-refractivity contribution is 5.97. The van der Waals surface area contributed by atoms with Crippen LogP contribution in [0.3, 0.4) is 0 Å². The van der Waals surface area contributed by atoms with E-state index in [0.29, 0.717) is 0 Å². The standard InChI is InChI=1S/C19H14F3NO2/c20-19(21,22)25-17-11-4-3-10-16(17)23-18(24)12-14-8-5-7-13-6-1-2-9-15(13)14/h1-11H,12H2,(H,23,24). The third-order valence-electron chi connectivity index (χ3n) is 3.62. The molecule has 0 aliphatic rings. The minimum Gasteiger partial charge on any atom is -0.404 e. The number of carbonyl (C=O) groups excluding carboxylic acids is 1. The highest BCUT2D eigenvalue weighted by Crippen LogP contribution is 2.30. The van der Waals surface area contributed by atoms with Crippen LogP contribution in [0.1, 0.15) is 5.56 Å². The van der Waals surface area contributed by atoms with E-state index in [1.54, 1.807) is 0 Å². The molecule has 0 saturated heterocycles. The molecule has 25 heavy (non-hydrogen) atoms. The van der Waals surface area contributed by atoms with Crippen molar-refractivity contribution in [1.29, 1.82) is 0 Å². The summed E-state index contributed by atoms with van der Waals surface area (Å²) in [5.41, 5.74) is 0.773. The van der Waals surface area contributed by atoms with E-state index in [9.17, 15) is 18.0 Å². The molecule has 0 radical (unpaired) electrons. The van der Waals surface area contributed by atoms with Gasteiger partial charge in [-0.05, 0) is 28.5 Å². The predicted octanol–water partition coefficient (Wildman–Crippen LogP) is 4.92. The first-order valence-corrected chi connectivity index (χ1v) is 7.54. The zero-order valence-corrected chi connectivity index (χ0v) is 13.0. The number of halogens is 3. The summed E-state index contributed by atoms with van der Waals surface area (Å²) in [6, 6.07) is 18.6. The largest absolute Gasteiger partial charge is 0.573 e. The molecule has 1 N–H and O–H groups in total. The Morgan fingerprint density at radius 2 is 1.60 bits per heavy atom. The van der Waals surface area contributed by atoms with Crippen LogP contribution in [-0.4, -0.2) is 12.3 Å². The van der Waals surface area contributed by atoms with Crippen molar-refractivity contribution in [3.05, 3.63) is 72.3 Å². The minimum atomic E-state index is -4.82. The van der Waals surface area contributed by atoms with Crippen molar-refractivity contribution in [2.75, 3.05) is 5.32 Å². The molecule has 3 rings (SSSR count). The molecule has 0 saturated carbocycles. The van der Waals surface area contributed by atoms with Gasteiger partial charge in [-0.3, -0.25) is 4.79 Å². The van der Waals surface area contributed by atoms with Gasteiger partial charge in [0, 0.05) is 0 Å². The van der Waals surface area contributed by atoms with Crippen LogP contribution in [-0.2, 0) is 11.2 Å². The van der Waals surface area contributed by atoms with Gasteiger partial charge >= 0.3 is 6.36 Å². The molecule has 0 fully saturated rings. The van der Waals surface area contributed by atoms with Gasteiger partial charge in [-0.1, -0.05) is 54.6 Å². The Balaban J connectivity index is 1.79. The van der Waals surface area contributed by atoms with Crippen LogP contribution >= 0.6 is 0 Å². The quantitative estimate of drug-likeness (QED) is 0.729. The summed E-state index contributed by atoms with van der Waals surface area (Å²) < 4.78 is 41.3. The number of para-hydroxylation sites is 2. The fraction of sp³-hybridized carbons (Fsp3) is 0.105. The predicted molar refractivity (Wildman–Crippen MR) is 89.4 cm³/mol. The maximum absolute atomic E-state index is 12.4. The van der Waals surface area contributed by atoms with E-state index in [4.69, 9.17) is 0 Å². The summed E-state index contributed by atoms with van der Waals surface area (Å²) in [7, 11) is 0. The lowest BCUT2D eigenvalue weighted by atomic mass is 10.0. The van der Waals surface area contributed by atoms with Gasteiger partial charge in [-0.2, -0.15) is 0 Å². The van der Waals surface area contributed by atoms with Gasteiger partial charge in [0.05, 0.1) is 12.1 Å². The Labute approximate surface area is 142 Å². The Bertz CT molecular complexity index is 901. The number of nitrogens with one attached hydrogen (secondary N) is 1. The number of benzene rings is 3. The van der Waals surface area contributed by atoms with Crippen LogP contribution in [0.25, 0.3) is 10.8 Å².